The van der Waals surface area contributed by atoms with E-state index in [9.17, 15) is 4.79 Å². The van der Waals surface area contributed by atoms with Crippen molar-refractivity contribution in [1.29, 1.82) is 0 Å². The fourth-order valence-corrected chi connectivity index (χ4v) is 4.25. The number of rotatable bonds is 12. The fourth-order valence-electron chi connectivity index (χ4n) is 3.23. The molecule has 9 heteroatoms. The number of halogens is 1. The molecule has 0 fully saturated rings. The van der Waals surface area contributed by atoms with Crippen molar-refractivity contribution in [3.63, 3.8) is 0 Å². The Labute approximate surface area is 197 Å². The van der Waals surface area contributed by atoms with Gasteiger partial charge in [0.2, 0.25) is 5.91 Å². The molecule has 0 spiro atoms. The highest BCUT2D eigenvalue weighted by atomic mass is 35.5. The van der Waals surface area contributed by atoms with E-state index in [2.05, 4.69) is 15.5 Å². The molecule has 3 rings (SSSR count). The molecule has 1 N–H and O–H groups in total. The van der Waals surface area contributed by atoms with Crippen molar-refractivity contribution >= 4 is 29.3 Å². The first-order valence-corrected chi connectivity index (χ1v) is 11.7. The van der Waals surface area contributed by atoms with Crippen LogP contribution in [0.2, 0.25) is 5.02 Å². The molecule has 0 aliphatic rings. The quantitative estimate of drug-likeness (QED) is 0.314. The van der Waals surface area contributed by atoms with Gasteiger partial charge >= 0.3 is 0 Å². The second kappa shape index (κ2) is 12.5. The second-order valence-corrected chi connectivity index (χ2v) is 8.33. The maximum Gasteiger partial charge on any atom is 0.230 e. The Bertz CT molecular complexity index is 1030. The van der Waals surface area contributed by atoms with Crippen molar-refractivity contribution in [1.82, 2.24) is 20.1 Å². The first-order valence-electron chi connectivity index (χ1n) is 10.3. The van der Waals surface area contributed by atoms with Crippen LogP contribution in [0.15, 0.2) is 53.7 Å². The average molecular weight is 475 g/mol. The Morgan fingerprint density at radius 2 is 1.91 bits per heavy atom. The van der Waals surface area contributed by atoms with Crippen LogP contribution in [-0.2, 0) is 22.5 Å². The van der Waals surface area contributed by atoms with E-state index in [1.165, 1.54) is 11.8 Å². The number of ether oxygens (including phenoxy) is 2. The SMILES string of the molecule is COCCCn1c(SCC(=O)NCCc2ccccc2OC)nnc1-c1ccccc1Cl. The van der Waals surface area contributed by atoms with Gasteiger partial charge in [-0.2, -0.15) is 0 Å². The molecule has 32 heavy (non-hydrogen) atoms. The van der Waals surface area contributed by atoms with Gasteiger partial charge in [0.1, 0.15) is 5.75 Å². The molecule has 170 valence electrons. The summed E-state index contributed by atoms with van der Waals surface area (Å²) < 4.78 is 12.5. The van der Waals surface area contributed by atoms with Crippen LogP contribution < -0.4 is 10.1 Å². The van der Waals surface area contributed by atoms with Crippen molar-refractivity contribution in [2.75, 3.05) is 33.1 Å². The van der Waals surface area contributed by atoms with E-state index in [4.69, 9.17) is 21.1 Å². The highest BCUT2D eigenvalue weighted by molar-refractivity contribution is 7.99. The number of carbonyl (C=O) groups excluding carboxylic acids is 1. The van der Waals surface area contributed by atoms with Gasteiger partial charge in [0.05, 0.1) is 17.9 Å². The standard InChI is InChI=1S/C23H27ClN4O3S/c1-30-15-7-14-28-22(18-9-4-5-10-19(18)24)26-27-23(28)32-16-21(29)25-13-12-17-8-3-6-11-20(17)31-2/h3-6,8-11H,7,12-16H2,1-2H3,(H,25,29). The molecule has 1 amide bonds. The first-order chi connectivity index (χ1) is 15.6. The van der Waals surface area contributed by atoms with Crippen molar-refractivity contribution in [3.05, 3.63) is 59.1 Å². The number of thioether (sulfide) groups is 1. The summed E-state index contributed by atoms with van der Waals surface area (Å²) in [5.41, 5.74) is 1.87. The Hall–Kier alpha value is -2.55. The third-order valence-corrected chi connectivity index (χ3v) is 6.10. The summed E-state index contributed by atoms with van der Waals surface area (Å²) >= 11 is 7.73. The zero-order valence-corrected chi connectivity index (χ0v) is 19.8. The minimum atomic E-state index is -0.0596. The monoisotopic (exact) mass is 474 g/mol. The van der Waals surface area contributed by atoms with Crippen molar-refractivity contribution in [2.45, 2.75) is 24.5 Å². The summed E-state index contributed by atoms with van der Waals surface area (Å²) in [5.74, 6) is 1.70. The molecule has 0 radical (unpaired) electrons. The molecule has 0 atom stereocenters. The molecular formula is C23H27ClN4O3S. The zero-order valence-electron chi connectivity index (χ0n) is 18.2. The van der Waals surface area contributed by atoms with Crippen molar-refractivity contribution in [2.24, 2.45) is 0 Å². The van der Waals surface area contributed by atoms with E-state index in [-0.39, 0.29) is 11.7 Å². The van der Waals surface area contributed by atoms with E-state index >= 15 is 0 Å². The molecule has 0 aliphatic carbocycles. The van der Waals surface area contributed by atoms with Crippen molar-refractivity contribution in [3.8, 4) is 17.1 Å². The van der Waals surface area contributed by atoms with Gasteiger partial charge in [-0.15, -0.1) is 10.2 Å². The number of hydrogen-bond acceptors (Lipinski definition) is 6. The van der Waals surface area contributed by atoms with Crippen LogP contribution in [0.3, 0.4) is 0 Å². The molecule has 0 unspecified atom stereocenters. The lowest BCUT2D eigenvalue weighted by Crippen LogP contribution is -2.27. The van der Waals surface area contributed by atoms with Gasteiger partial charge in [0.15, 0.2) is 11.0 Å². The topological polar surface area (TPSA) is 78.3 Å². The maximum atomic E-state index is 12.4. The number of nitrogens with zero attached hydrogens (tertiary/aromatic N) is 3. The smallest absolute Gasteiger partial charge is 0.230 e. The van der Waals surface area contributed by atoms with Gasteiger partial charge in [-0.3, -0.25) is 4.79 Å². The third-order valence-electron chi connectivity index (χ3n) is 4.80. The van der Waals surface area contributed by atoms with E-state index < -0.39 is 0 Å². The minimum Gasteiger partial charge on any atom is -0.496 e. The largest absolute Gasteiger partial charge is 0.496 e. The number of hydrogen-bond donors (Lipinski definition) is 1. The maximum absolute atomic E-state index is 12.4. The summed E-state index contributed by atoms with van der Waals surface area (Å²) in [6, 6.07) is 15.3. The summed E-state index contributed by atoms with van der Waals surface area (Å²) in [4.78, 5) is 12.4. The van der Waals surface area contributed by atoms with Gasteiger partial charge in [-0.25, -0.2) is 0 Å². The van der Waals surface area contributed by atoms with Crippen LogP contribution >= 0.6 is 23.4 Å². The molecule has 3 aromatic rings. The van der Waals surface area contributed by atoms with Crippen LogP contribution in [0.4, 0.5) is 0 Å². The van der Waals surface area contributed by atoms with E-state index in [1.807, 2.05) is 53.1 Å². The Kier molecular flexibility index (Phi) is 9.40. The van der Waals surface area contributed by atoms with E-state index in [0.717, 1.165) is 23.3 Å². The van der Waals surface area contributed by atoms with E-state index in [0.29, 0.717) is 42.1 Å². The zero-order chi connectivity index (χ0) is 22.8. The summed E-state index contributed by atoms with van der Waals surface area (Å²) in [6.45, 7) is 1.82. The lowest BCUT2D eigenvalue weighted by molar-refractivity contribution is -0.118. The molecule has 0 aliphatic heterocycles. The number of para-hydroxylation sites is 1. The molecule has 0 saturated carbocycles. The Morgan fingerprint density at radius 1 is 1.12 bits per heavy atom. The van der Waals surface area contributed by atoms with Gasteiger partial charge in [0.25, 0.3) is 0 Å². The summed E-state index contributed by atoms with van der Waals surface area (Å²) in [7, 11) is 3.32. The van der Waals surface area contributed by atoms with Crippen LogP contribution in [0.25, 0.3) is 11.4 Å². The number of benzene rings is 2. The van der Waals surface area contributed by atoms with Crippen LogP contribution in [0, 0.1) is 0 Å². The molecule has 0 bridgehead atoms. The van der Waals surface area contributed by atoms with Crippen molar-refractivity contribution < 1.29 is 14.3 Å². The first kappa shape index (κ1) is 24.1. The van der Waals surface area contributed by atoms with Crippen LogP contribution in [0.1, 0.15) is 12.0 Å². The molecule has 2 aromatic carbocycles. The third kappa shape index (κ3) is 6.48. The second-order valence-electron chi connectivity index (χ2n) is 6.98. The predicted octanol–water partition coefficient (Wildman–Crippen LogP) is 4.09. The lowest BCUT2D eigenvalue weighted by Gasteiger charge is -2.11. The molecule has 1 aromatic heterocycles. The molecular weight excluding hydrogens is 448 g/mol. The molecule has 7 nitrogen and oxygen atoms in total. The lowest BCUT2D eigenvalue weighted by atomic mass is 10.1. The van der Waals surface area contributed by atoms with Crippen LogP contribution in [-0.4, -0.2) is 53.8 Å². The minimum absolute atomic E-state index is 0.0596. The predicted molar refractivity (Wildman–Crippen MR) is 127 cm³/mol. The molecule has 0 saturated heterocycles. The highest BCUT2D eigenvalue weighted by Crippen LogP contribution is 2.29. The summed E-state index contributed by atoms with van der Waals surface area (Å²) in [5, 5.41) is 12.9. The number of carbonyl (C=O) groups is 1. The Balaban J connectivity index is 1.61. The number of aromatic nitrogens is 3. The fraction of sp³-hybridized carbons (Fsp3) is 0.348. The summed E-state index contributed by atoms with van der Waals surface area (Å²) in [6.07, 6.45) is 1.49. The number of amides is 1. The number of methoxy groups -OCH3 is 2. The van der Waals surface area contributed by atoms with Gasteiger partial charge < -0.3 is 19.4 Å². The molecule has 1 heterocycles. The Morgan fingerprint density at radius 3 is 2.69 bits per heavy atom. The normalized spacial score (nSPS) is 10.8. The number of nitrogens with one attached hydrogen (secondary N) is 1. The highest BCUT2D eigenvalue weighted by Gasteiger charge is 2.17. The average Bonchev–Trinajstić information content (AvgIpc) is 3.21. The van der Waals surface area contributed by atoms with Gasteiger partial charge in [-0.05, 0) is 36.6 Å². The van der Waals surface area contributed by atoms with Gasteiger partial charge in [-0.1, -0.05) is 53.7 Å². The van der Waals surface area contributed by atoms with Crippen LogP contribution in [0.5, 0.6) is 5.75 Å². The van der Waals surface area contributed by atoms with Gasteiger partial charge in [0, 0.05) is 32.4 Å². The van der Waals surface area contributed by atoms with E-state index in [1.54, 1.807) is 14.2 Å².